The minimum Gasteiger partial charge on any atom is -0.354 e. The lowest BCUT2D eigenvalue weighted by molar-refractivity contribution is -0.124. The number of Topliss-reactive ketones (excluding diaryl/α,β-unsaturated/α-hetero) is 1. The lowest BCUT2D eigenvalue weighted by atomic mass is 9.87. The van der Waals surface area contributed by atoms with E-state index in [1.807, 2.05) is 78.9 Å². The van der Waals surface area contributed by atoms with Crippen LogP contribution >= 0.6 is 15.9 Å². The summed E-state index contributed by atoms with van der Waals surface area (Å²) in [4.78, 5) is 43.3. The van der Waals surface area contributed by atoms with E-state index in [-0.39, 0.29) is 24.0 Å². The number of carbonyl (C=O) groups excluding carboxylic acids is 3. The van der Waals surface area contributed by atoms with Crippen LogP contribution in [0.1, 0.15) is 40.5 Å². The zero-order chi connectivity index (χ0) is 27.6. The van der Waals surface area contributed by atoms with Crippen LogP contribution in [0.15, 0.2) is 81.8 Å². The number of hydrogen-bond donors (Lipinski definition) is 2. The first kappa shape index (κ1) is 24.5. The molecule has 3 aliphatic heterocycles. The maximum Gasteiger partial charge on any atom is 0.255 e. The summed E-state index contributed by atoms with van der Waals surface area (Å²) in [5, 5.41) is 10.2. The smallest absolute Gasteiger partial charge is 0.255 e. The molecule has 3 aromatic carbocycles. The fourth-order valence-corrected chi connectivity index (χ4v) is 6.55. The van der Waals surface area contributed by atoms with Gasteiger partial charge in [-0.15, -0.1) is 0 Å². The lowest BCUT2D eigenvalue weighted by Gasteiger charge is -2.39. The Bertz CT molecular complexity index is 1740. The van der Waals surface area contributed by atoms with Crippen LogP contribution in [-0.2, 0) is 19.9 Å². The molecule has 0 bridgehead atoms. The molecule has 1 spiro atoms. The number of anilines is 3. The van der Waals surface area contributed by atoms with E-state index in [0.717, 1.165) is 15.6 Å². The van der Waals surface area contributed by atoms with Crippen molar-refractivity contribution < 1.29 is 18.9 Å². The van der Waals surface area contributed by atoms with Crippen molar-refractivity contribution in [2.24, 2.45) is 0 Å². The largest absolute Gasteiger partial charge is 0.354 e. The maximum absolute atomic E-state index is 14.1. The Morgan fingerprint density at radius 1 is 0.950 bits per heavy atom. The number of rotatable bonds is 4. The third-order valence-corrected chi connectivity index (χ3v) is 8.52. The predicted octanol–water partition coefficient (Wildman–Crippen LogP) is 5.65. The van der Waals surface area contributed by atoms with Crippen LogP contribution in [0, 0.1) is 6.92 Å². The molecule has 0 aliphatic carbocycles. The number of fused-ring (bicyclic) bond motifs is 3. The van der Waals surface area contributed by atoms with E-state index >= 15 is 0 Å². The Hall–Kier alpha value is -4.50. The van der Waals surface area contributed by atoms with Gasteiger partial charge in [-0.25, -0.2) is 0 Å². The highest BCUT2D eigenvalue weighted by atomic mass is 79.9. The van der Waals surface area contributed by atoms with Gasteiger partial charge in [0.25, 0.3) is 5.91 Å². The summed E-state index contributed by atoms with van der Waals surface area (Å²) in [6.07, 6.45) is 3.58. The fraction of sp³-hybridized carbons (Fsp3) is 0.161. The number of nitrogens with zero attached hydrogens (tertiary/aromatic N) is 2. The number of ketones is 1. The Kier molecular flexibility index (Phi) is 5.54. The molecule has 1 saturated heterocycles. The Morgan fingerprint density at radius 3 is 2.48 bits per heavy atom. The minimum atomic E-state index is -1.37. The van der Waals surface area contributed by atoms with Crippen molar-refractivity contribution in [3.8, 4) is 0 Å². The molecular weight excluding hydrogens is 572 g/mol. The van der Waals surface area contributed by atoms with Crippen LogP contribution in [0.3, 0.4) is 0 Å². The van der Waals surface area contributed by atoms with Crippen LogP contribution in [-0.4, -0.2) is 28.8 Å². The van der Waals surface area contributed by atoms with E-state index in [1.165, 1.54) is 0 Å². The van der Waals surface area contributed by atoms with Gasteiger partial charge in [-0.2, -0.15) is 0 Å². The van der Waals surface area contributed by atoms with Crippen molar-refractivity contribution >= 4 is 62.7 Å². The molecule has 4 aromatic rings. The Balaban J connectivity index is 1.44. The van der Waals surface area contributed by atoms with Gasteiger partial charge in [0.05, 0.1) is 5.92 Å². The molecule has 3 aliphatic rings. The van der Waals surface area contributed by atoms with E-state index in [4.69, 9.17) is 4.52 Å². The standard InChI is InChI=1S/C31H23BrN4O4/c1-17-27(25(40-35-17)15-12-18-10-13-19(32)14-11-18)36-28(26-20-6-2-4-8-22(20)33-29(26)38)24(37)16-31(36)21-7-3-5-9-23(21)34-30(31)39/h2-15,26,28H,16H2,1H3,(H,33,38)(H,34,39)/b15-12+. The van der Waals surface area contributed by atoms with Crippen LogP contribution in [0.5, 0.6) is 0 Å². The number of aromatic nitrogens is 1. The van der Waals surface area contributed by atoms with Crippen LogP contribution < -0.4 is 15.5 Å². The predicted molar refractivity (Wildman–Crippen MR) is 155 cm³/mol. The molecule has 0 radical (unpaired) electrons. The first-order valence-corrected chi connectivity index (χ1v) is 13.7. The van der Waals surface area contributed by atoms with E-state index < -0.39 is 17.5 Å². The quantitative estimate of drug-likeness (QED) is 0.316. The maximum atomic E-state index is 14.1. The summed E-state index contributed by atoms with van der Waals surface area (Å²) in [6.45, 7) is 1.78. The molecule has 198 valence electrons. The normalized spacial score (nSPS) is 23.1. The number of hydrogen-bond acceptors (Lipinski definition) is 6. The van der Waals surface area contributed by atoms with Gasteiger partial charge in [0, 0.05) is 27.8 Å². The number of nitrogens with one attached hydrogen (secondary N) is 2. The SMILES string of the molecule is Cc1noc(/C=C/c2ccc(Br)cc2)c1N1C(C2C(=O)Nc3ccccc32)C(=O)CC12C(=O)Nc1ccccc12. The fourth-order valence-electron chi connectivity index (χ4n) is 6.28. The third-order valence-electron chi connectivity index (χ3n) is 7.99. The van der Waals surface area contributed by atoms with Gasteiger partial charge >= 0.3 is 0 Å². The zero-order valence-corrected chi connectivity index (χ0v) is 22.9. The van der Waals surface area contributed by atoms with Gasteiger partial charge in [-0.1, -0.05) is 75.7 Å². The molecule has 7 rings (SSSR count). The molecule has 0 saturated carbocycles. The molecular formula is C31H23BrN4O4. The van der Waals surface area contributed by atoms with Crippen molar-refractivity contribution in [3.05, 3.63) is 105 Å². The van der Waals surface area contributed by atoms with Crippen LogP contribution in [0.2, 0.25) is 0 Å². The molecule has 1 fully saturated rings. The van der Waals surface area contributed by atoms with Crippen molar-refractivity contribution in [3.63, 3.8) is 0 Å². The summed E-state index contributed by atoms with van der Waals surface area (Å²) in [6, 6.07) is 21.6. The van der Waals surface area contributed by atoms with Crippen molar-refractivity contribution in [1.29, 1.82) is 0 Å². The number of para-hydroxylation sites is 2. The molecule has 2 N–H and O–H groups in total. The molecule has 1 aromatic heterocycles. The average molecular weight is 595 g/mol. The van der Waals surface area contributed by atoms with Gasteiger partial charge in [-0.05, 0) is 48.4 Å². The highest BCUT2D eigenvalue weighted by Gasteiger charge is 2.64. The summed E-state index contributed by atoms with van der Waals surface area (Å²) < 4.78 is 6.75. The number of aryl methyl sites for hydroxylation is 1. The van der Waals surface area contributed by atoms with Gasteiger partial charge in [0.2, 0.25) is 5.91 Å². The van der Waals surface area contributed by atoms with Crippen molar-refractivity contribution in [1.82, 2.24) is 5.16 Å². The molecule has 8 nitrogen and oxygen atoms in total. The van der Waals surface area contributed by atoms with E-state index in [9.17, 15) is 14.4 Å². The third kappa shape index (κ3) is 3.50. The summed E-state index contributed by atoms with van der Waals surface area (Å²) in [7, 11) is 0. The summed E-state index contributed by atoms with van der Waals surface area (Å²) >= 11 is 3.45. The zero-order valence-electron chi connectivity index (χ0n) is 21.4. The Morgan fingerprint density at radius 2 is 1.68 bits per heavy atom. The van der Waals surface area contributed by atoms with Gasteiger partial charge in [-0.3, -0.25) is 14.4 Å². The number of benzene rings is 3. The molecule has 9 heteroatoms. The van der Waals surface area contributed by atoms with Gasteiger partial charge < -0.3 is 20.1 Å². The van der Waals surface area contributed by atoms with Gasteiger partial charge in [0.15, 0.2) is 17.1 Å². The van der Waals surface area contributed by atoms with Gasteiger partial charge in [0.1, 0.15) is 17.4 Å². The van der Waals surface area contributed by atoms with Crippen molar-refractivity contribution in [2.45, 2.75) is 30.8 Å². The second kappa shape index (κ2) is 9.02. The molecule has 2 amide bonds. The minimum absolute atomic E-state index is 0.0903. The molecule has 3 atom stereocenters. The molecule has 4 heterocycles. The number of carbonyl (C=O) groups is 3. The summed E-state index contributed by atoms with van der Waals surface area (Å²) in [5.74, 6) is -1.23. The van der Waals surface area contributed by atoms with Crippen LogP contribution in [0.4, 0.5) is 17.1 Å². The van der Waals surface area contributed by atoms with Crippen molar-refractivity contribution in [2.75, 3.05) is 15.5 Å². The average Bonchev–Trinajstić information content (AvgIpc) is 3.64. The highest BCUT2D eigenvalue weighted by Crippen LogP contribution is 2.55. The lowest BCUT2D eigenvalue weighted by Crippen LogP contribution is -2.53. The Labute approximate surface area is 238 Å². The molecule has 40 heavy (non-hydrogen) atoms. The topological polar surface area (TPSA) is 105 Å². The summed E-state index contributed by atoms with van der Waals surface area (Å²) in [5.41, 5.74) is 3.30. The monoisotopic (exact) mass is 594 g/mol. The molecule has 3 unspecified atom stereocenters. The first-order chi connectivity index (χ1) is 19.4. The second-order valence-electron chi connectivity index (χ2n) is 10.2. The highest BCUT2D eigenvalue weighted by molar-refractivity contribution is 9.10. The van der Waals surface area contributed by atoms with E-state index in [1.54, 1.807) is 17.9 Å². The number of halogens is 1. The second-order valence-corrected chi connectivity index (χ2v) is 11.2. The van der Waals surface area contributed by atoms with E-state index in [0.29, 0.717) is 34.1 Å². The van der Waals surface area contributed by atoms with E-state index in [2.05, 4.69) is 31.7 Å². The number of amides is 2. The first-order valence-electron chi connectivity index (χ1n) is 12.9. The van der Waals surface area contributed by atoms with Crippen LogP contribution in [0.25, 0.3) is 12.2 Å².